The van der Waals surface area contributed by atoms with Crippen molar-refractivity contribution in [2.24, 2.45) is 0 Å². The van der Waals surface area contributed by atoms with Gasteiger partial charge >= 0.3 is 0 Å². The fraction of sp³-hybridized carbons (Fsp3) is 0.250. The van der Waals surface area contributed by atoms with E-state index < -0.39 is 21.9 Å². The third kappa shape index (κ3) is 3.34. The van der Waals surface area contributed by atoms with Gasteiger partial charge in [0.2, 0.25) is 10.0 Å². The van der Waals surface area contributed by atoms with E-state index in [-0.39, 0.29) is 10.6 Å². The predicted molar refractivity (Wildman–Crippen MR) is 72.8 cm³/mol. The van der Waals surface area contributed by atoms with Gasteiger partial charge < -0.3 is 10.3 Å². The van der Waals surface area contributed by atoms with E-state index in [1.807, 2.05) is 0 Å². The molecule has 0 aliphatic carbocycles. The lowest BCUT2D eigenvalue weighted by atomic mass is 10.3. The molecule has 1 aromatic carbocycles. The fourth-order valence-electron chi connectivity index (χ4n) is 1.82. The quantitative estimate of drug-likeness (QED) is 0.805. The lowest BCUT2D eigenvalue weighted by Crippen LogP contribution is -2.35. The zero-order valence-electron chi connectivity index (χ0n) is 10.8. The number of nitrogen functional groups attached to an aromatic ring is 1. The summed E-state index contributed by atoms with van der Waals surface area (Å²) in [5.74, 6) is -0.651. The first-order valence-electron chi connectivity index (χ1n) is 5.91. The molecule has 20 heavy (non-hydrogen) atoms. The van der Waals surface area contributed by atoms with Gasteiger partial charge in [0.25, 0.3) is 0 Å². The number of imidazole rings is 1. The summed E-state index contributed by atoms with van der Waals surface area (Å²) >= 11 is 0. The van der Waals surface area contributed by atoms with Crippen molar-refractivity contribution >= 4 is 15.7 Å². The molecule has 3 N–H and O–H groups in total. The van der Waals surface area contributed by atoms with Gasteiger partial charge in [-0.25, -0.2) is 22.5 Å². The second-order valence-corrected chi connectivity index (χ2v) is 6.15. The lowest BCUT2D eigenvalue weighted by Gasteiger charge is -2.15. The standard InChI is InChI=1S/C12H15FN4O2S/c1-9(7-17-5-4-15-8-17)16-20(18,19)12-6-10(13)2-3-11(12)14/h2-6,8-9,16H,7,14H2,1H3. The molecule has 2 rings (SSSR count). The summed E-state index contributed by atoms with van der Waals surface area (Å²) < 4.78 is 41.7. The molecule has 0 bridgehead atoms. The Morgan fingerprint density at radius 3 is 2.90 bits per heavy atom. The summed E-state index contributed by atoms with van der Waals surface area (Å²) in [4.78, 5) is 3.62. The van der Waals surface area contributed by atoms with Crippen molar-refractivity contribution in [3.8, 4) is 0 Å². The molecule has 0 aliphatic rings. The van der Waals surface area contributed by atoms with E-state index in [4.69, 9.17) is 5.73 Å². The third-order valence-corrected chi connectivity index (χ3v) is 4.31. The number of anilines is 1. The molecule has 0 amide bonds. The van der Waals surface area contributed by atoms with Gasteiger partial charge in [-0.1, -0.05) is 0 Å². The minimum atomic E-state index is -3.86. The molecule has 1 heterocycles. The van der Waals surface area contributed by atoms with Crippen molar-refractivity contribution in [3.63, 3.8) is 0 Å². The van der Waals surface area contributed by atoms with Gasteiger partial charge in [-0.2, -0.15) is 0 Å². The molecular weight excluding hydrogens is 283 g/mol. The predicted octanol–water partition coefficient (Wildman–Crippen LogP) is 0.971. The molecule has 1 aromatic heterocycles. The lowest BCUT2D eigenvalue weighted by molar-refractivity contribution is 0.520. The number of hydrogen-bond donors (Lipinski definition) is 2. The van der Waals surface area contributed by atoms with Crippen LogP contribution in [0.1, 0.15) is 6.92 Å². The molecule has 0 saturated carbocycles. The third-order valence-electron chi connectivity index (χ3n) is 2.67. The highest BCUT2D eigenvalue weighted by Crippen LogP contribution is 2.19. The van der Waals surface area contributed by atoms with E-state index in [1.54, 1.807) is 30.2 Å². The maximum Gasteiger partial charge on any atom is 0.243 e. The zero-order valence-corrected chi connectivity index (χ0v) is 11.6. The molecule has 0 radical (unpaired) electrons. The first kappa shape index (κ1) is 14.5. The van der Waals surface area contributed by atoms with Crippen molar-refractivity contribution in [1.29, 1.82) is 0 Å². The normalized spacial score (nSPS) is 13.3. The van der Waals surface area contributed by atoms with Crippen molar-refractivity contribution < 1.29 is 12.8 Å². The molecule has 0 fully saturated rings. The minimum Gasteiger partial charge on any atom is -0.398 e. The van der Waals surface area contributed by atoms with Crippen molar-refractivity contribution in [1.82, 2.24) is 14.3 Å². The topological polar surface area (TPSA) is 90.0 Å². The van der Waals surface area contributed by atoms with E-state index in [9.17, 15) is 12.8 Å². The molecule has 8 heteroatoms. The Kier molecular flexibility index (Phi) is 4.05. The molecule has 1 atom stereocenters. The minimum absolute atomic E-state index is 0.00808. The number of hydrogen-bond acceptors (Lipinski definition) is 4. The average Bonchev–Trinajstić information content (AvgIpc) is 2.84. The molecule has 0 spiro atoms. The van der Waals surface area contributed by atoms with Gasteiger partial charge in [0, 0.05) is 25.0 Å². The number of nitrogens with one attached hydrogen (secondary N) is 1. The van der Waals surface area contributed by atoms with Gasteiger partial charge in [0.05, 0.1) is 12.0 Å². The number of aromatic nitrogens is 2. The van der Waals surface area contributed by atoms with Crippen LogP contribution in [0.3, 0.4) is 0 Å². The Bertz CT molecular complexity index is 685. The van der Waals surface area contributed by atoms with Gasteiger partial charge in [-0.15, -0.1) is 0 Å². The molecule has 6 nitrogen and oxygen atoms in total. The first-order chi connectivity index (χ1) is 9.38. The van der Waals surface area contributed by atoms with Gasteiger partial charge in [-0.3, -0.25) is 0 Å². The second kappa shape index (κ2) is 5.59. The number of rotatable bonds is 5. The summed E-state index contributed by atoms with van der Waals surface area (Å²) in [6.45, 7) is 2.11. The van der Waals surface area contributed by atoms with Crippen LogP contribution in [-0.4, -0.2) is 24.0 Å². The zero-order chi connectivity index (χ0) is 14.8. The summed E-state index contributed by atoms with van der Waals surface area (Å²) in [5.41, 5.74) is 5.59. The highest BCUT2D eigenvalue weighted by atomic mass is 32.2. The molecular formula is C12H15FN4O2S. The van der Waals surface area contributed by atoms with E-state index in [0.717, 1.165) is 12.1 Å². The van der Waals surface area contributed by atoms with Gasteiger partial charge in [0.1, 0.15) is 10.7 Å². The summed E-state index contributed by atoms with van der Waals surface area (Å²) in [7, 11) is -3.86. The largest absolute Gasteiger partial charge is 0.398 e. The van der Waals surface area contributed by atoms with Crippen LogP contribution in [0.5, 0.6) is 0 Å². The van der Waals surface area contributed by atoms with Crippen molar-refractivity contribution in [2.45, 2.75) is 24.4 Å². The summed E-state index contributed by atoms with van der Waals surface area (Å²) in [6, 6.07) is 2.85. The number of benzene rings is 1. The van der Waals surface area contributed by atoms with Crippen LogP contribution in [0.4, 0.5) is 10.1 Å². The Morgan fingerprint density at radius 2 is 2.25 bits per heavy atom. The van der Waals surface area contributed by atoms with Crippen LogP contribution in [0.2, 0.25) is 0 Å². The monoisotopic (exact) mass is 298 g/mol. The average molecular weight is 298 g/mol. The summed E-state index contributed by atoms with van der Waals surface area (Å²) in [6.07, 6.45) is 4.91. The highest BCUT2D eigenvalue weighted by Gasteiger charge is 2.20. The molecule has 1 unspecified atom stereocenters. The fourth-order valence-corrected chi connectivity index (χ4v) is 3.19. The van der Waals surface area contributed by atoms with Gasteiger partial charge in [-0.05, 0) is 25.1 Å². The Balaban J connectivity index is 2.16. The van der Waals surface area contributed by atoms with E-state index in [0.29, 0.717) is 6.54 Å². The van der Waals surface area contributed by atoms with Crippen LogP contribution in [0, 0.1) is 5.82 Å². The van der Waals surface area contributed by atoms with Crippen LogP contribution in [0.25, 0.3) is 0 Å². The molecule has 0 saturated heterocycles. The van der Waals surface area contributed by atoms with E-state index in [2.05, 4.69) is 9.71 Å². The maximum atomic E-state index is 13.2. The number of sulfonamides is 1. The highest BCUT2D eigenvalue weighted by molar-refractivity contribution is 7.89. The molecule has 0 aliphatic heterocycles. The SMILES string of the molecule is CC(Cn1ccnc1)NS(=O)(=O)c1cc(F)ccc1N. The number of nitrogens with zero attached hydrogens (tertiary/aromatic N) is 2. The second-order valence-electron chi connectivity index (χ2n) is 4.46. The van der Waals surface area contributed by atoms with E-state index >= 15 is 0 Å². The summed E-state index contributed by atoms with van der Waals surface area (Å²) in [5, 5.41) is 0. The number of halogens is 1. The Labute approximate surface area is 116 Å². The van der Waals surface area contributed by atoms with Crippen LogP contribution in [0.15, 0.2) is 41.8 Å². The first-order valence-corrected chi connectivity index (χ1v) is 7.40. The molecule has 108 valence electrons. The smallest absolute Gasteiger partial charge is 0.243 e. The van der Waals surface area contributed by atoms with E-state index in [1.165, 1.54) is 6.07 Å². The van der Waals surface area contributed by atoms with Crippen LogP contribution < -0.4 is 10.5 Å². The van der Waals surface area contributed by atoms with Gasteiger partial charge in [0.15, 0.2) is 0 Å². The Hall–Kier alpha value is -1.93. The van der Waals surface area contributed by atoms with Crippen molar-refractivity contribution in [2.75, 3.05) is 5.73 Å². The van der Waals surface area contributed by atoms with Crippen molar-refractivity contribution in [3.05, 3.63) is 42.7 Å². The van der Waals surface area contributed by atoms with Crippen LogP contribution >= 0.6 is 0 Å². The number of nitrogens with two attached hydrogens (primary N) is 1. The molecule has 2 aromatic rings. The Morgan fingerprint density at radius 1 is 1.50 bits per heavy atom. The maximum absolute atomic E-state index is 13.2. The van der Waals surface area contributed by atoms with Crippen LogP contribution in [-0.2, 0) is 16.6 Å².